The van der Waals surface area contributed by atoms with Crippen LogP contribution >= 0.6 is 15.9 Å². The Kier molecular flexibility index (Phi) is 5.81. The van der Waals surface area contributed by atoms with Crippen LogP contribution in [0.2, 0.25) is 0 Å². The van der Waals surface area contributed by atoms with E-state index >= 15 is 0 Å². The molecular formula is C17H18BrNO2. The smallest absolute Gasteiger partial charge is 0.220 e. The highest BCUT2D eigenvalue weighted by atomic mass is 79.9. The van der Waals surface area contributed by atoms with Gasteiger partial charge in [-0.3, -0.25) is 4.79 Å². The first-order valence-electron chi connectivity index (χ1n) is 6.82. The molecule has 0 bridgehead atoms. The second-order valence-corrected chi connectivity index (χ2v) is 5.59. The summed E-state index contributed by atoms with van der Waals surface area (Å²) in [5.74, 6) is 0.859. The average molecular weight is 348 g/mol. The van der Waals surface area contributed by atoms with E-state index in [9.17, 15) is 4.79 Å². The minimum absolute atomic E-state index is 0.0609. The first-order valence-corrected chi connectivity index (χ1v) is 7.61. The molecule has 4 heteroatoms. The number of carbonyl (C=O) groups excluding carboxylic acids is 1. The van der Waals surface area contributed by atoms with E-state index in [-0.39, 0.29) is 5.91 Å². The van der Waals surface area contributed by atoms with Crippen molar-refractivity contribution in [2.75, 3.05) is 7.11 Å². The highest BCUT2D eigenvalue weighted by Gasteiger charge is 2.05. The van der Waals surface area contributed by atoms with Gasteiger partial charge in [0.05, 0.1) is 11.6 Å². The third kappa shape index (κ3) is 4.90. The zero-order chi connectivity index (χ0) is 15.1. The lowest BCUT2D eigenvalue weighted by Gasteiger charge is -2.07. The van der Waals surface area contributed by atoms with Gasteiger partial charge in [0.15, 0.2) is 0 Å². The molecule has 0 aliphatic carbocycles. The van der Waals surface area contributed by atoms with Gasteiger partial charge in [0, 0.05) is 13.0 Å². The van der Waals surface area contributed by atoms with Crippen LogP contribution in [-0.4, -0.2) is 13.0 Å². The van der Waals surface area contributed by atoms with E-state index in [2.05, 4.69) is 21.2 Å². The molecule has 3 nitrogen and oxygen atoms in total. The first kappa shape index (κ1) is 15.6. The molecule has 21 heavy (non-hydrogen) atoms. The van der Waals surface area contributed by atoms with Gasteiger partial charge in [0.2, 0.25) is 5.91 Å². The molecule has 110 valence electrons. The lowest BCUT2D eigenvalue weighted by Crippen LogP contribution is -2.22. The number of amides is 1. The minimum Gasteiger partial charge on any atom is -0.496 e. The van der Waals surface area contributed by atoms with Gasteiger partial charge < -0.3 is 10.1 Å². The molecule has 0 radical (unpaired) electrons. The standard InChI is InChI=1S/C17H18BrNO2/c1-21-16-9-7-13(11-15(16)18)8-10-17(20)19-12-14-5-3-2-4-6-14/h2-7,9,11H,8,10,12H2,1H3,(H,19,20). The molecule has 0 aromatic heterocycles. The third-order valence-corrected chi connectivity index (χ3v) is 3.81. The van der Waals surface area contributed by atoms with Crippen LogP contribution in [0.3, 0.4) is 0 Å². The molecule has 2 rings (SSSR count). The molecule has 0 heterocycles. The van der Waals surface area contributed by atoms with E-state index in [1.807, 2.05) is 48.5 Å². The van der Waals surface area contributed by atoms with Crippen LogP contribution < -0.4 is 10.1 Å². The lowest BCUT2D eigenvalue weighted by atomic mass is 10.1. The summed E-state index contributed by atoms with van der Waals surface area (Å²) >= 11 is 3.45. The number of hydrogen-bond acceptors (Lipinski definition) is 2. The fourth-order valence-corrected chi connectivity index (χ4v) is 2.60. The molecule has 0 saturated carbocycles. The van der Waals surface area contributed by atoms with Crippen molar-refractivity contribution in [2.24, 2.45) is 0 Å². The molecule has 0 aliphatic rings. The molecule has 1 N–H and O–H groups in total. The van der Waals surface area contributed by atoms with Crippen LogP contribution in [0.15, 0.2) is 53.0 Å². The topological polar surface area (TPSA) is 38.3 Å². The van der Waals surface area contributed by atoms with Gasteiger partial charge in [-0.2, -0.15) is 0 Å². The third-order valence-electron chi connectivity index (χ3n) is 3.19. The monoisotopic (exact) mass is 347 g/mol. The molecule has 0 aliphatic heterocycles. The van der Waals surface area contributed by atoms with Gasteiger partial charge in [0.1, 0.15) is 5.75 Å². The molecular weight excluding hydrogens is 330 g/mol. The maximum Gasteiger partial charge on any atom is 0.220 e. The zero-order valence-electron chi connectivity index (χ0n) is 11.9. The van der Waals surface area contributed by atoms with E-state index in [0.29, 0.717) is 19.4 Å². The normalized spacial score (nSPS) is 10.2. The highest BCUT2D eigenvalue weighted by molar-refractivity contribution is 9.10. The molecule has 2 aromatic carbocycles. The summed E-state index contributed by atoms with van der Waals surface area (Å²) in [6.07, 6.45) is 1.19. The highest BCUT2D eigenvalue weighted by Crippen LogP contribution is 2.25. The Morgan fingerprint density at radius 3 is 2.57 bits per heavy atom. The van der Waals surface area contributed by atoms with E-state index < -0.39 is 0 Å². The summed E-state index contributed by atoms with van der Waals surface area (Å²) < 4.78 is 6.10. The van der Waals surface area contributed by atoms with Crippen molar-refractivity contribution in [3.05, 3.63) is 64.1 Å². The Morgan fingerprint density at radius 1 is 1.14 bits per heavy atom. The number of halogens is 1. The molecule has 0 saturated heterocycles. The minimum atomic E-state index is 0.0609. The van der Waals surface area contributed by atoms with Crippen molar-refractivity contribution >= 4 is 21.8 Å². The molecule has 1 amide bonds. The largest absolute Gasteiger partial charge is 0.496 e. The molecule has 0 atom stereocenters. The fraction of sp³-hybridized carbons (Fsp3) is 0.235. The maximum absolute atomic E-state index is 11.9. The summed E-state index contributed by atoms with van der Waals surface area (Å²) in [6.45, 7) is 0.575. The average Bonchev–Trinajstić information content (AvgIpc) is 2.52. The Bertz CT molecular complexity index is 599. The van der Waals surface area contributed by atoms with Crippen LogP contribution in [0.4, 0.5) is 0 Å². The van der Waals surface area contributed by atoms with Crippen LogP contribution in [0.5, 0.6) is 5.75 Å². The van der Waals surface area contributed by atoms with Crippen LogP contribution in [0, 0.1) is 0 Å². The van der Waals surface area contributed by atoms with Gasteiger partial charge in [-0.25, -0.2) is 0 Å². The number of benzene rings is 2. The van der Waals surface area contributed by atoms with Crippen molar-refractivity contribution in [3.8, 4) is 5.75 Å². The van der Waals surface area contributed by atoms with Gasteiger partial charge in [-0.1, -0.05) is 36.4 Å². The first-order chi connectivity index (χ1) is 10.2. The van der Waals surface area contributed by atoms with Gasteiger partial charge in [-0.15, -0.1) is 0 Å². The van der Waals surface area contributed by atoms with E-state index in [4.69, 9.17) is 4.74 Å². The van der Waals surface area contributed by atoms with Crippen molar-refractivity contribution in [1.82, 2.24) is 5.32 Å². The summed E-state index contributed by atoms with van der Waals surface area (Å²) in [6, 6.07) is 15.8. The van der Waals surface area contributed by atoms with Crippen molar-refractivity contribution in [2.45, 2.75) is 19.4 Å². The number of ether oxygens (including phenoxy) is 1. The van der Waals surface area contributed by atoms with Crippen molar-refractivity contribution in [3.63, 3.8) is 0 Å². The quantitative estimate of drug-likeness (QED) is 0.864. The van der Waals surface area contributed by atoms with E-state index in [1.165, 1.54) is 0 Å². The number of rotatable bonds is 6. The lowest BCUT2D eigenvalue weighted by molar-refractivity contribution is -0.121. The Labute approximate surface area is 133 Å². The van der Waals surface area contributed by atoms with Gasteiger partial charge >= 0.3 is 0 Å². The molecule has 0 fully saturated rings. The molecule has 0 unspecified atom stereocenters. The van der Waals surface area contributed by atoms with Crippen LogP contribution in [-0.2, 0) is 17.8 Å². The number of methoxy groups -OCH3 is 1. The van der Waals surface area contributed by atoms with E-state index in [1.54, 1.807) is 7.11 Å². The second kappa shape index (κ2) is 7.84. The summed E-state index contributed by atoms with van der Waals surface area (Å²) in [5, 5.41) is 2.93. The molecule has 2 aromatic rings. The Hall–Kier alpha value is -1.81. The van der Waals surface area contributed by atoms with Crippen molar-refractivity contribution in [1.29, 1.82) is 0 Å². The maximum atomic E-state index is 11.9. The summed E-state index contributed by atoms with van der Waals surface area (Å²) in [4.78, 5) is 11.9. The van der Waals surface area contributed by atoms with Gasteiger partial charge in [-0.05, 0) is 45.6 Å². The summed E-state index contributed by atoms with van der Waals surface area (Å²) in [7, 11) is 1.64. The Morgan fingerprint density at radius 2 is 1.90 bits per heavy atom. The SMILES string of the molecule is COc1ccc(CCC(=O)NCc2ccccc2)cc1Br. The van der Waals surface area contributed by atoms with Crippen LogP contribution in [0.1, 0.15) is 17.5 Å². The number of carbonyl (C=O) groups is 1. The number of hydrogen-bond donors (Lipinski definition) is 1. The predicted octanol–water partition coefficient (Wildman–Crippen LogP) is 3.71. The van der Waals surface area contributed by atoms with Gasteiger partial charge in [0.25, 0.3) is 0 Å². The fourth-order valence-electron chi connectivity index (χ4n) is 2.01. The van der Waals surface area contributed by atoms with E-state index in [0.717, 1.165) is 21.3 Å². The zero-order valence-corrected chi connectivity index (χ0v) is 13.5. The Balaban J connectivity index is 1.80. The molecule has 0 spiro atoms. The van der Waals surface area contributed by atoms with Crippen molar-refractivity contribution < 1.29 is 9.53 Å². The predicted molar refractivity (Wildman–Crippen MR) is 87.3 cm³/mol. The van der Waals surface area contributed by atoms with Crippen LogP contribution in [0.25, 0.3) is 0 Å². The number of nitrogens with one attached hydrogen (secondary N) is 1. The number of aryl methyl sites for hydroxylation is 1. The summed E-state index contributed by atoms with van der Waals surface area (Å²) in [5.41, 5.74) is 2.22. The second-order valence-electron chi connectivity index (χ2n) is 4.73.